The van der Waals surface area contributed by atoms with Gasteiger partial charge in [-0.05, 0) is 19.9 Å². The second-order valence-corrected chi connectivity index (χ2v) is 4.61. The number of nitrogens with two attached hydrogens (primary N) is 1. The molecule has 0 spiro atoms. The Morgan fingerprint density at radius 1 is 1.53 bits per heavy atom. The lowest BCUT2D eigenvalue weighted by atomic mass is 10.2. The van der Waals surface area contributed by atoms with E-state index in [1.54, 1.807) is 0 Å². The highest BCUT2D eigenvalue weighted by atomic mass is 35.5. The molecule has 1 heterocycles. The molecule has 0 radical (unpaired) electrons. The first kappa shape index (κ1) is 15.6. The summed E-state index contributed by atoms with van der Waals surface area (Å²) in [6, 6.07) is 0.579. The third-order valence-electron chi connectivity index (χ3n) is 2.32. The average molecular weight is 296 g/mol. The van der Waals surface area contributed by atoms with Gasteiger partial charge in [-0.2, -0.15) is 13.2 Å². The first-order valence-corrected chi connectivity index (χ1v) is 5.78. The minimum Gasteiger partial charge on any atom is -0.397 e. The van der Waals surface area contributed by atoms with Crippen molar-refractivity contribution < 1.29 is 18.0 Å². The van der Waals surface area contributed by atoms with Gasteiger partial charge in [0.25, 0.3) is 5.91 Å². The van der Waals surface area contributed by atoms with Crippen molar-refractivity contribution in [1.29, 1.82) is 0 Å². The molecule has 106 valence electrons. The predicted octanol–water partition coefficient (Wildman–Crippen LogP) is 2.73. The highest BCUT2D eigenvalue weighted by Gasteiger charge is 2.35. The number of carbonyl (C=O) groups is 1. The van der Waals surface area contributed by atoms with E-state index < -0.39 is 24.7 Å². The van der Waals surface area contributed by atoms with Crippen LogP contribution in [0.5, 0.6) is 0 Å². The summed E-state index contributed by atoms with van der Waals surface area (Å²) in [6.07, 6.45) is -3.26. The topological polar surface area (TPSA) is 59.2 Å². The Kier molecular flexibility index (Phi) is 4.62. The van der Waals surface area contributed by atoms with E-state index in [0.717, 1.165) is 0 Å². The van der Waals surface area contributed by atoms with Crippen LogP contribution >= 0.6 is 11.6 Å². The Labute approximate surface area is 113 Å². The number of alkyl halides is 3. The second kappa shape index (κ2) is 5.64. The zero-order valence-corrected chi connectivity index (χ0v) is 11.1. The Bertz CT molecular complexity index is 477. The van der Waals surface area contributed by atoms with E-state index in [9.17, 15) is 18.0 Å². The first-order chi connectivity index (χ1) is 8.61. The van der Waals surface area contributed by atoms with Gasteiger partial charge in [0.1, 0.15) is 11.7 Å². The molecule has 0 saturated carbocycles. The number of nitrogens with zero attached hydrogens (tertiary/aromatic N) is 2. The molecule has 0 aliphatic rings. The first-order valence-electron chi connectivity index (χ1n) is 5.40. The number of nitrogen functional groups attached to an aromatic ring is 1. The third-order valence-corrected chi connectivity index (χ3v) is 2.63. The molecule has 1 aromatic rings. The molecular weight excluding hydrogens is 283 g/mol. The third kappa shape index (κ3) is 4.27. The van der Waals surface area contributed by atoms with Gasteiger partial charge in [-0.3, -0.25) is 4.79 Å². The van der Waals surface area contributed by atoms with Crippen LogP contribution in [0.15, 0.2) is 12.3 Å². The molecule has 2 N–H and O–H groups in total. The van der Waals surface area contributed by atoms with E-state index in [-0.39, 0.29) is 16.4 Å². The number of hydrogen-bond donors (Lipinski definition) is 1. The summed E-state index contributed by atoms with van der Waals surface area (Å²) in [6.45, 7) is 1.61. The molecule has 0 aliphatic heterocycles. The number of rotatable bonds is 3. The van der Waals surface area contributed by atoms with Crippen LogP contribution in [0.2, 0.25) is 5.15 Å². The molecule has 1 rings (SSSR count). The normalized spacial score (nSPS) is 11.7. The van der Waals surface area contributed by atoms with Gasteiger partial charge in [-0.25, -0.2) is 4.98 Å². The zero-order chi connectivity index (χ0) is 14.8. The summed E-state index contributed by atoms with van der Waals surface area (Å²) in [5.41, 5.74) is 5.47. The molecule has 0 aromatic carbocycles. The summed E-state index contributed by atoms with van der Waals surface area (Å²) >= 11 is 5.72. The molecule has 0 atom stereocenters. The molecule has 19 heavy (non-hydrogen) atoms. The number of pyridine rings is 1. The van der Waals surface area contributed by atoms with E-state index in [1.165, 1.54) is 26.1 Å². The van der Waals surface area contributed by atoms with Gasteiger partial charge in [-0.1, -0.05) is 11.6 Å². The molecule has 8 heteroatoms. The number of carbonyl (C=O) groups excluding carboxylic acids is 1. The molecule has 0 aliphatic carbocycles. The van der Waals surface area contributed by atoms with Crippen molar-refractivity contribution in [3.05, 3.63) is 23.0 Å². The van der Waals surface area contributed by atoms with Crippen molar-refractivity contribution in [2.45, 2.75) is 26.1 Å². The van der Waals surface area contributed by atoms with Crippen LogP contribution in [-0.4, -0.2) is 34.6 Å². The lowest BCUT2D eigenvalue weighted by Crippen LogP contribution is -2.43. The minimum atomic E-state index is -4.49. The van der Waals surface area contributed by atoms with Crippen LogP contribution in [-0.2, 0) is 0 Å². The highest BCUT2D eigenvalue weighted by Crippen LogP contribution is 2.23. The van der Waals surface area contributed by atoms with Crippen molar-refractivity contribution in [3.63, 3.8) is 0 Å². The predicted molar refractivity (Wildman–Crippen MR) is 65.9 cm³/mol. The molecule has 1 amide bonds. The molecule has 0 bridgehead atoms. The van der Waals surface area contributed by atoms with Crippen LogP contribution in [0.4, 0.5) is 18.9 Å². The van der Waals surface area contributed by atoms with Gasteiger partial charge in [-0.15, -0.1) is 0 Å². The van der Waals surface area contributed by atoms with Gasteiger partial charge < -0.3 is 10.6 Å². The van der Waals surface area contributed by atoms with Gasteiger partial charge in [0.05, 0.1) is 17.4 Å². The fourth-order valence-corrected chi connectivity index (χ4v) is 1.64. The zero-order valence-electron chi connectivity index (χ0n) is 10.3. The highest BCUT2D eigenvalue weighted by molar-refractivity contribution is 6.32. The fourth-order valence-electron chi connectivity index (χ4n) is 1.45. The number of amides is 1. The SMILES string of the molecule is CC(C)N(CC(F)(F)F)C(=O)c1cc(N)cnc1Cl. The van der Waals surface area contributed by atoms with Crippen molar-refractivity contribution in [2.24, 2.45) is 0 Å². The number of hydrogen-bond acceptors (Lipinski definition) is 3. The van der Waals surface area contributed by atoms with Crippen molar-refractivity contribution in [3.8, 4) is 0 Å². The molecular formula is C11H13ClF3N3O. The lowest BCUT2D eigenvalue weighted by Gasteiger charge is -2.28. The maximum Gasteiger partial charge on any atom is 0.406 e. The van der Waals surface area contributed by atoms with E-state index in [1.807, 2.05) is 0 Å². The second-order valence-electron chi connectivity index (χ2n) is 4.25. The summed E-state index contributed by atoms with van der Waals surface area (Å²) < 4.78 is 37.4. The van der Waals surface area contributed by atoms with Crippen molar-refractivity contribution >= 4 is 23.2 Å². The molecule has 0 unspecified atom stereocenters. The summed E-state index contributed by atoms with van der Waals surface area (Å²) in [5, 5.41) is -0.174. The van der Waals surface area contributed by atoms with Gasteiger partial charge in [0, 0.05) is 6.04 Å². The molecule has 0 fully saturated rings. The summed E-state index contributed by atoms with van der Waals surface area (Å²) in [5.74, 6) is -0.850. The lowest BCUT2D eigenvalue weighted by molar-refractivity contribution is -0.143. The fraction of sp³-hybridized carbons (Fsp3) is 0.455. The van der Waals surface area contributed by atoms with E-state index in [4.69, 9.17) is 17.3 Å². The average Bonchev–Trinajstić information content (AvgIpc) is 2.27. The summed E-state index contributed by atoms with van der Waals surface area (Å²) in [7, 11) is 0. The van der Waals surface area contributed by atoms with Crippen molar-refractivity contribution in [1.82, 2.24) is 9.88 Å². The van der Waals surface area contributed by atoms with Crippen LogP contribution < -0.4 is 5.73 Å². The smallest absolute Gasteiger partial charge is 0.397 e. The Morgan fingerprint density at radius 3 is 2.58 bits per heavy atom. The Balaban J connectivity index is 3.09. The summed E-state index contributed by atoms with van der Waals surface area (Å²) in [4.78, 5) is 16.4. The van der Waals surface area contributed by atoms with E-state index in [2.05, 4.69) is 4.98 Å². The monoisotopic (exact) mass is 295 g/mol. The maximum atomic E-state index is 12.5. The minimum absolute atomic E-state index is 0.139. The molecule has 0 saturated heterocycles. The maximum absolute atomic E-state index is 12.5. The van der Waals surface area contributed by atoms with Crippen LogP contribution in [0, 0.1) is 0 Å². The van der Waals surface area contributed by atoms with Crippen LogP contribution in [0.25, 0.3) is 0 Å². The Hall–Kier alpha value is -1.50. The number of anilines is 1. The standard InChI is InChI=1S/C11H13ClF3N3O/c1-6(2)18(5-11(13,14)15)10(19)8-3-7(16)4-17-9(8)12/h3-4,6H,5,16H2,1-2H3. The van der Waals surface area contributed by atoms with Gasteiger partial charge >= 0.3 is 6.18 Å². The van der Waals surface area contributed by atoms with Crippen LogP contribution in [0.3, 0.4) is 0 Å². The molecule has 1 aromatic heterocycles. The molecule has 4 nitrogen and oxygen atoms in total. The quantitative estimate of drug-likeness (QED) is 0.872. The Morgan fingerprint density at radius 2 is 2.11 bits per heavy atom. The van der Waals surface area contributed by atoms with Crippen molar-refractivity contribution in [2.75, 3.05) is 12.3 Å². The van der Waals surface area contributed by atoms with Gasteiger partial charge in [0.2, 0.25) is 0 Å². The van der Waals surface area contributed by atoms with E-state index >= 15 is 0 Å². The number of aromatic nitrogens is 1. The number of halogens is 4. The van der Waals surface area contributed by atoms with Gasteiger partial charge in [0.15, 0.2) is 0 Å². The largest absolute Gasteiger partial charge is 0.406 e. The van der Waals surface area contributed by atoms with Crippen LogP contribution in [0.1, 0.15) is 24.2 Å². The van der Waals surface area contributed by atoms with E-state index in [0.29, 0.717) is 4.90 Å².